The second kappa shape index (κ2) is 9.35. The number of rotatable bonds is 10. The van der Waals surface area contributed by atoms with Crippen LogP contribution in [-0.2, 0) is 4.79 Å². The van der Waals surface area contributed by atoms with Crippen molar-refractivity contribution >= 4 is 5.97 Å². The van der Waals surface area contributed by atoms with E-state index in [2.05, 4.69) is 24.1 Å². The molecular weight excluding hydrogens is 252 g/mol. The van der Waals surface area contributed by atoms with E-state index in [4.69, 9.17) is 0 Å². The molecule has 0 radical (unpaired) electrons. The monoisotopic (exact) mass is 284 g/mol. The van der Waals surface area contributed by atoms with Gasteiger partial charge in [0.2, 0.25) is 0 Å². The quantitative estimate of drug-likeness (QED) is 0.647. The van der Waals surface area contributed by atoms with Gasteiger partial charge in [0.1, 0.15) is 6.04 Å². The third-order valence-corrected chi connectivity index (χ3v) is 4.29. The highest BCUT2D eigenvalue weighted by Crippen LogP contribution is 2.24. The van der Waals surface area contributed by atoms with E-state index >= 15 is 0 Å². The van der Waals surface area contributed by atoms with Crippen LogP contribution >= 0.6 is 0 Å². The van der Waals surface area contributed by atoms with Crippen LogP contribution in [0.2, 0.25) is 0 Å². The number of likely N-dealkylation sites (N-methyl/N-ethyl adjacent to an activating group) is 1. The molecule has 1 aliphatic carbocycles. The molecule has 0 saturated heterocycles. The average molecular weight is 284 g/mol. The van der Waals surface area contributed by atoms with Gasteiger partial charge >= 0.3 is 5.97 Å². The Hall–Kier alpha value is -0.610. The van der Waals surface area contributed by atoms with Gasteiger partial charge < -0.3 is 15.3 Å². The van der Waals surface area contributed by atoms with Gasteiger partial charge in [0.25, 0.3) is 0 Å². The normalized spacial score (nSPS) is 18.1. The van der Waals surface area contributed by atoms with Crippen molar-refractivity contribution in [3.05, 3.63) is 0 Å². The van der Waals surface area contributed by atoms with Crippen LogP contribution in [-0.4, -0.2) is 47.7 Å². The van der Waals surface area contributed by atoms with E-state index in [1.54, 1.807) is 0 Å². The second-order valence-electron chi connectivity index (χ2n) is 6.39. The first-order chi connectivity index (χ1) is 9.54. The van der Waals surface area contributed by atoms with Crippen LogP contribution in [0.5, 0.6) is 0 Å². The molecule has 1 saturated carbocycles. The van der Waals surface area contributed by atoms with Crippen LogP contribution in [0.15, 0.2) is 0 Å². The van der Waals surface area contributed by atoms with E-state index in [0.717, 1.165) is 13.1 Å². The van der Waals surface area contributed by atoms with Crippen LogP contribution in [0, 0.1) is 5.92 Å². The SMILES string of the molecule is CCNC(CCN(CCC(C)C)C1CCCC1)C(=O)O. The summed E-state index contributed by atoms with van der Waals surface area (Å²) < 4.78 is 0. The Kier molecular flexibility index (Phi) is 8.15. The molecular formula is C16H32N2O2. The Bertz CT molecular complexity index is 276. The van der Waals surface area contributed by atoms with Crippen LogP contribution in [0.1, 0.15) is 59.3 Å². The summed E-state index contributed by atoms with van der Waals surface area (Å²) in [6.45, 7) is 9.20. The van der Waals surface area contributed by atoms with Crippen molar-refractivity contribution in [3.8, 4) is 0 Å². The lowest BCUT2D eigenvalue weighted by Gasteiger charge is -2.30. The fourth-order valence-corrected chi connectivity index (χ4v) is 3.02. The summed E-state index contributed by atoms with van der Waals surface area (Å²) in [5.41, 5.74) is 0. The first-order valence-corrected chi connectivity index (χ1v) is 8.24. The van der Waals surface area contributed by atoms with Gasteiger partial charge in [-0.15, -0.1) is 0 Å². The largest absolute Gasteiger partial charge is 0.480 e. The van der Waals surface area contributed by atoms with Crippen molar-refractivity contribution in [1.29, 1.82) is 0 Å². The number of hydrogen-bond donors (Lipinski definition) is 2. The molecule has 0 aromatic carbocycles. The molecule has 0 bridgehead atoms. The highest BCUT2D eigenvalue weighted by atomic mass is 16.4. The van der Waals surface area contributed by atoms with Crippen molar-refractivity contribution in [3.63, 3.8) is 0 Å². The van der Waals surface area contributed by atoms with E-state index in [1.165, 1.54) is 32.1 Å². The number of nitrogens with zero attached hydrogens (tertiary/aromatic N) is 1. The molecule has 0 aliphatic heterocycles. The standard InChI is InChI=1S/C16H32N2O2/c1-4-17-15(16(19)20)10-12-18(11-9-13(2)3)14-7-5-6-8-14/h13-15,17H,4-12H2,1-3H3,(H,19,20). The van der Waals surface area contributed by atoms with Crippen molar-refractivity contribution in [2.24, 2.45) is 5.92 Å². The molecule has 1 fully saturated rings. The lowest BCUT2D eigenvalue weighted by molar-refractivity contribution is -0.139. The summed E-state index contributed by atoms with van der Waals surface area (Å²) in [7, 11) is 0. The number of carboxylic acids is 1. The van der Waals surface area contributed by atoms with Gasteiger partial charge in [-0.25, -0.2) is 0 Å². The van der Waals surface area contributed by atoms with E-state index in [1.807, 2.05) is 6.92 Å². The van der Waals surface area contributed by atoms with Crippen LogP contribution < -0.4 is 5.32 Å². The molecule has 20 heavy (non-hydrogen) atoms. The Morgan fingerprint density at radius 1 is 1.25 bits per heavy atom. The maximum atomic E-state index is 11.2. The first kappa shape index (κ1) is 17.4. The van der Waals surface area contributed by atoms with Gasteiger partial charge in [-0.1, -0.05) is 33.6 Å². The van der Waals surface area contributed by atoms with Gasteiger partial charge in [-0.3, -0.25) is 4.79 Å². The molecule has 1 unspecified atom stereocenters. The minimum atomic E-state index is -0.720. The zero-order valence-electron chi connectivity index (χ0n) is 13.4. The lowest BCUT2D eigenvalue weighted by atomic mass is 10.1. The molecule has 1 rings (SSSR count). The maximum absolute atomic E-state index is 11.2. The molecule has 0 amide bonds. The highest BCUT2D eigenvalue weighted by molar-refractivity contribution is 5.73. The van der Waals surface area contributed by atoms with Crippen LogP contribution in [0.25, 0.3) is 0 Å². The summed E-state index contributed by atoms with van der Waals surface area (Å²) in [4.78, 5) is 13.8. The number of carboxylic acid groups (broad SMARTS) is 1. The van der Waals surface area contributed by atoms with E-state index < -0.39 is 12.0 Å². The number of carbonyl (C=O) groups is 1. The molecule has 118 valence electrons. The van der Waals surface area contributed by atoms with Gasteiger partial charge in [0, 0.05) is 12.6 Å². The predicted octanol–water partition coefficient (Wildman–Crippen LogP) is 2.73. The Labute approximate surface area is 123 Å². The highest BCUT2D eigenvalue weighted by Gasteiger charge is 2.24. The Morgan fingerprint density at radius 3 is 2.35 bits per heavy atom. The predicted molar refractivity (Wildman–Crippen MR) is 83.0 cm³/mol. The van der Waals surface area contributed by atoms with Crippen molar-refractivity contribution < 1.29 is 9.90 Å². The summed E-state index contributed by atoms with van der Waals surface area (Å²) >= 11 is 0. The minimum absolute atomic E-state index is 0.400. The second-order valence-corrected chi connectivity index (χ2v) is 6.39. The maximum Gasteiger partial charge on any atom is 0.320 e. The van der Waals surface area contributed by atoms with Crippen LogP contribution in [0.3, 0.4) is 0 Å². The van der Waals surface area contributed by atoms with Crippen molar-refractivity contribution in [2.45, 2.75) is 71.4 Å². The first-order valence-electron chi connectivity index (χ1n) is 8.24. The molecule has 1 aliphatic rings. The Balaban J connectivity index is 2.47. The van der Waals surface area contributed by atoms with Crippen LogP contribution in [0.4, 0.5) is 0 Å². The number of aliphatic carboxylic acids is 1. The summed E-state index contributed by atoms with van der Waals surface area (Å²) in [5, 5.41) is 12.3. The summed E-state index contributed by atoms with van der Waals surface area (Å²) in [6.07, 6.45) is 7.15. The fraction of sp³-hybridized carbons (Fsp3) is 0.938. The van der Waals surface area contributed by atoms with Gasteiger partial charge in [-0.2, -0.15) is 0 Å². The van der Waals surface area contributed by atoms with E-state index in [-0.39, 0.29) is 0 Å². The molecule has 0 aromatic heterocycles. The van der Waals surface area contributed by atoms with Crippen molar-refractivity contribution in [1.82, 2.24) is 10.2 Å². The summed E-state index contributed by atoms with van der Waals surface area (Å²) in [6, 6.07) is 0.285. The minimum Gasteiger partial charge on any atom is -0.480 e. The Morgan fingerprint density at radius 2 is 1.85 bits per heavy atom. The van der Waals surface area contributed by atoms with E-state index in [0.29, 0.717) is 24.9 Å². The van der Waals surface area contributed by atoms with Gasteiger partial charge in [0.15, 0.2) is 0 Å². The number of hydrogen-bond acceptors (Lipinski definition) is 3. The molecule has 0 spiro atoms. The van der Waals surface area contributed by atoms with Gasteiger partial charge in [0.05, 0.1) is 0 Å². The third-order valence-electron chi connectivity index (χ3n) is 4.29. The zero-order valence-corrected chi connectivity index (χ0v) is 13.4. The fourth-order valence-electron chi connectivity index (χ4n) is 3.02. The van der Waals surface area contributed by atoms with E-state index in [9.17, 15) is 9.90 Å². The molecule has 4 nitrogen and oxygen atoms in total. The topological polar surface area (TPSA) is 52.6 Å². The lowest BCUT2D eigenvalue weighted by Crippen LogP contribution is -2.42. The number of nitrogens with one attached hydrogen (secondary N) is 1. The smallest absolute Gasteiger partial charge is 0.320 e. The average Bonchev–Trinajstić information content (AvgIpc) is 2.90. The molecule has 1 atom stereocenters. The molecule has 4 heteroatoms. The molecule has 2 N–H and O–H groups in total. The molecule has 0 heterocycles. The summed E-state index contributed by atoms with van der Waals surface area (Å²) in [5.74, 6) is -0.00924. The van der Waals surface area contributed by atoms with Crippen molar-refractivity contribution in [2.75, 3.05) is 19.6 Å². The molecule has 0 aromatic rings. The third kappa shape index (κ3) is 6.23. The van der Waals surface area contributed by atoms with Gasteiger partial charge in [-0.05, 0) is 44.7 Å². The zero-order chi connectivity index (χ0) is 15.0.